The van der Waals surface area contributed by atoms with Crippen LogP contribution in [0.15, 0.2) is 18.2 Å². The summed E-state index contributed by atoms with van der Waals surface area (Å²) in [6.45, 7) is 2.04. The molecule has 1 aliphatic carbocycles. The topological polar surface area (TPSA) is 63.9 Å². The van der Waals surface area contributed by atoms with Crippen LogP contribution in [0.4, 0.5) is 5.82 Å². The van der Waals surface area contributed by atoms with Crippen LogP contribution < -0.4 is 10.5 Å². The van der Waals surface area contributed by atoms with Crippen LogP contribution in [-0.4, -0.2) is 17.3 Å². The summed E-state index contributed by atoms with van der Waals surface area (Å²) in [5.74, 6) is 2.24. The van der Waals surface area contributed by atoms with Gasteiger partial charge < -0.3 is 10.5 Å². The van der Waals surface area contributed by atoms with Crippen molar-refractivity contribution >= 4 is 5.82 Å². The average molecular weight is 271 g/mol. The van der Waals surface area contributed by atoms with Gasteiger partial charge in [0, 0.05) is 11.3 Å². The van der Waals surface area contributed by atoms with E-state index >= 15 is 0 Å². The number of aromatic amines is 1. The number of nitrogens with zero attached hydrogens (tertiary/aromatic N) is 1. The molecule has 3 rings (SSSR count). The molecular formula is C16H21N3O. The molecule has 4 nitrogen and oxygen atoms in total. The molecule has 0 atom stereocenters. The lowest BCUT2D eigenvalue weighted by atomic mass is 9.81. The number of nitrogen functional groups attached to an aromatic ring is 1. The van der Waals surface area contributed by atoms with Crippen molar-refractivity contribution in [2.24, 2.45) is 5.92 Å². The molecule has 1 heterocycles. The number of rotatable bonds is 4. The Morgan fingerprint density at radius 2 is 2.20 bits per heavy atom. The summed E-state index contributed by atoms with van der Waals surface area (Å²) < 4.78 is 5.41. The lowest BCUT2D eigenvalue weighted by Crippen LogP contribution is -2.14. The van der Waals surface area contributed by atoms with Gasteiger partial charge in [-0.25, -0.2) is 0 Å². The van der Waals surface area contributed by atoms with Crippen LogP contribution in [0.25, 0.3) is 11.1 Å². The fourth-order valence-electron chi connectivity index (χ4n) is 2.83. The fourth-order valence-corrected chi connectivity index (χ4v) is 2.83. The van der Waals surface area contributed by atoms with Gasteiger partial charge in [0.15, 0.2) is 5.82 Å². The standard InChI is InChI=1S/C16H21N3O/c1-10-6-7-12(9-14(10)20-2)15-13(18-19-16(15)17)8-11-4-3-5-11/h6-7,9,11H,3-5,8H2,1-2H3,(H3,17,18,19). The minimum atomic E-state index is 0.574. The number of benzene rings is 1. The van der Waals surface area contributed by atoms with Gasteiger partial charge in [0.2, 0.25) is 0 Å². The molecule has 1 aliphatic rings. The molecule has 1 aromatic heterocycles. The van der Waals surface area contributed by atoms with E-state index in [0.717, 1.165) is 40.5 Å². The predicted octanol–water partition coefficient (Wildman–Crippen LogP) is 3.32. The van der Waals surface area contributed by atoms with E-state index in [1.165, 1.54) is 19.3 Å². The number of H-pyrrole nitrogens is 1. The van der Waals surface area contributed by atoms with Gasteiger partial charge in [0.25, 0.3) is 0 Å². The zero-order valence-electron chi connectivity index (χ0n) is 12.1. The summed E-state index contributed by atoms with van der Waals surface area (Å²) >= 11 is 0. The van der Waals surface area contributed by atoms with E-state index in [4.69, 9.17) is 10.5 Å². The van der Waals surface area contributed by atoms with Gasteiger partial charge in [-0.15, -0.1) is 0 Å². The van der Waals surface area contributed by atoms with Crippen molar-refractivity contribution in [1.82, 2.24) is 10.2 Å². The SMILES string of the molecule is COc1cc(-c2c(N)n[nH]c2CC2CCC2)ccc1C. The second-order valence-electron chi connectivity index (χ2n) is 5.65. The highest BCUT2D eigenvalue weighted by Crippen LogP contribution is 2.36. The molecule has 2 aromatic rings. The third kappa shape index (κ3) is 2.26. The maximum Gasteiger partial charge on any atom is 0.153 e. The van der Waals surface area contributed by atoms with E-state index < -0.39 is 0 Å². The molecule has 1 fully saturated rings. The number of hydrogen-bond donors (Lipinski definition) is 2. The van der Waals surface area contributed by atoms with Gasteiger partial charge >= 0.3 is 0 Å². The Labute approximate surface area is 119 Å². The highest BCUT2D eigenvalue weighted by atomic mass is 16.5. The molecule has 0 spiro atoms. The van der Waals surface area contributed by atoms with E-state index in [0.29, 0.717) is 5.82 Å². The highest BCUT2D eigenvalue weighted by Gasteiger charge is 2.22. The summed E-state index contributed by atoms with van der Waals surface area (Å²) in [6, 6.07) is 6.19. The molecule has 1 saturated carbocycles. The van der Waals surface area contributed by atoms with Crippen LogP contribution in [0, 0.1) is 12.8 Å². The zero-order chi connectivity index (χ0) is 14.1. The number of aromatic nitrogens is 2. The first-order chi connectivity index (χ1) is 9.69. The third-order valence-electron chi connectivity index (χ3n) is 4.28. The average Bonchev–Trinajstić information content (AvgIpc) is 2.76. The number of hydrogen-bond acceptors (Lipinski definition) is 3. The van der Waals surface area contributed by atoms with Crippen LogP contribution in [0.2, 0.25) is 0 Å². The lowest BCUT2D eigenvalue weighted by Gasteiger charge is -2.25. The summed E-state index contributed by atoms with van der Waals surface area (Å²) in [6.07, 6.45) is 5.02. The lowest BCUT2D eigenvalue weighted by molar-refractivity contribution is 0.312. The minimum Gasteiger partial charge on any atom is -0.496 e. The second kappa shape index (κ2) is 5.19. The molecule has 0 radical (unpaired) electrons. The van der Waals surface area contributed by atoms with Crippen LogP contribution in [0.1, 0.15) is 30.5 Å². The van der Waals surface area contributed by atoms with E-state index in [9.17, 15) is 0 Å². The Bertz CT molecular complexity index is 614. The molecule has 3 N–H and O–H groups in total. The Kier molecular flexibility index (Phi) is 3.38. The van der Waals surface area contributed by atoms with Gasteiger partial charge in [-0.05, 0) is 36.5 Å². The highest BCUT2D eigenvalue weighted by molar-refractivity contribution is 5.77. The Balaban J connectivity index is 1.97. The molecular weight excluding hydrogens is 250 g/mol. The fraction of sp³-hybridized carbons (Fsp3) is 0.438. The maximum atomic E-state index is 6.05. The molecule has 0 bridgehead atoms. The van der Waals surface area contributed by atoms with Gasteiger partial charge in [0.05, 0.1) is 7.11 Å². The van der Waals surface area contributed by atoms with Crippen molar-refractivity contribution in [2.75, 3.05) is 12.8 Å². The number of aryl methyl sites for hydroxylation is 1. The van der Waals surface area contributed by atoms with Crippen molar-refractivity contribution in [3.8, 4) is 16.9 Å². The number of methoxy groups -OCH3 is 1. The Hall–Kier alpha value is -1.97. The minimum absolute atomic E-state index is 0.574. The largest absolute Gasteiger partial charge is 0.496 e. The number of anilines is 1. The van der Waals surface area contributed by atoms with Gasteiger partial charge in [-0.3, -0.25) is 5.10 Å². The van der Waals surface area contributed by atoms with Gasteiger partial charge in [-0.2, -0.15) is 5.10 Å². The number of nitrogens with two attached hydrogens (primary N) is 1. The van der Waals surface area contributed by atoms with E-state index in [2.05, 4.69) is 22.3 Å². The third-order valence-corrected chi connectivity index (χ3v) is 4.28. The Morgan fingerprint density at radius 3 is 2.85 bits per heavy atom. The van der Waals surface area contributed by atoms with Crippen LogP contribution in [0.5, 0.6) is 5.75 Å². The molecule has 0 saturated heterocycles. The van der Waals surface area contributed by atoms with E-state index in [-0.39, 0.29) is 0 Å². The normalized spacial score (nSPS) is 15.1. The van der Waals surface area contributed by atoms with Crippen molar-refractivity contribution in [3.05, 3.63) is 29.5 Å². The molecule has 4 heteroatoms. The zero-order valence-corrected chi connectivity index (χ0v) is 12.1. The Morgan fingerprint density at radius 1 is 1.40 bits per heavy atom. The number of ether oxygens (including phenoxy) is 1. The summed E-state index contributed by atoms with van der Waals surface area (Å²) in [7, 11) is 1.69. The summed E-state index contributed by atoms with van der Waals surface area (Å²) in [5.41, 5.74) is 10.4. The van der Waals surface area contributed by atoms with E-state index in [1.807, 2.05) is 13.0 Å². The van der Waals surface area contributed by atoms with Crippen LogP contribution >= 0.6 is 0 Å². The van der Waals surface area contributed by atoms with Gasteiger partial charge in [-0.1, -0.05) is 31.4 Å². The van der Waals surface area contributed by atoms with Crippen molar-refractivity contribution < 1.29 is 4.74 Å². The number of nitrogens with one attached hydrogen (secondary N) is 1. The molecule has 1 aromatic carbocycles. The molecule has 0 unspecified atom stereocenters. The van der Waals surface area contributed by atoms with Crippen LogP contribution in [-0.2, 0) is 6.42 Å². The quantitative estimate of drug-likeness (QED) is 0.896. The monoisotopic (exact) mass is 271 g/mol. The molecule has 20 heavy (non-hydrogen) atoms. The maximum absolute atomic E-state index is 6.05. The van der Waals surface area contributed by atoms with Crippen molar-refractivity contribution in [1.29, 1.82) is 0 Å². The summed E-state index contributed by atoms with van der Waals surface area (Å²) in [4.78, 5) is 0. The van der Waals surface area contributed by atoms with Crippen molar-refractivity contribution in [3.63, 3.8) is 0 Å². The van der Waals surface area contributed by atoms with Crippen molar-refractivity contribution in [2.45, 2.75) is 32.6 Å². The van der Waals surface area contributed by atoms with Crippen LogP contribution in [0.3, 0.4) is 0 Å². The molecule has 0 amide bonds. The van der Waals surface area contributed by atoms with Gasteiger partial charge in [0.1, 0.15) is 5.75 Å². The first-order valence-corrected chi connectivity index (χ1v) is 7.16. The smallest absolute Gasteiger partial charge is 0.153 e. The molecule has 106 valence electrons. The first kappa shape index (κ1) is 13.0. The van der Waals surface area contributed by atoms with E-state index in [1.54, 1.807) is 7.11 Å². The first-order valence-electron chi connectivity index (χ1n) is 7.16. The molecule has 0 aliphatic heterocycles. The second-order valence-corrected chi connectivity index (χ2v) is 5.65. The summed E-state index contributed by atoms with van der Waals surface area (Å²) in [5, 5.41) is 7.30. The predicted molar refractivity (Wildman–Crippen MR) is 80.8 cm³/mol.